The number of benzene rings is 2. The lowest BCUT2D eigenvalue weighted by atomic mass is 10.0. The molecular weight excluding hydrogens is 377 g/mol. The Hall–Kier alpha value is -2.36. The standard InChI is InChI=1S/C17H16FN3O3S2/c1-26(23,24)21-15(11-2-4-13(18)5-3-11)9-17(22)20-14-6-7-16-12(8-14)10-19-25-16/h2-8,10,15,21H,9H2,1H3,(H,20,22)/t15-/m0/s1. The smallest absolute Gasteiger partial charge is 0.226 e. The molecule has 2 N–H and O–H groups in total. The minimum absolute atomic E-state index is 0.126. The molecule has 1 amide bonds. The Bertz CT molecular complexity index is 1030. The molecule has 136 valence electrons. The molecule has 0 saturated heterocycles. The molecule has 6 nitrogen and oxygen atoms in total. The fourth-order valence-corrected chi connectivity index (χ4v) is 3.89. The molecular formula is C17H16FN3O3S2. The van der Waals surface area contributed by atoms with Gasteiger partial charge < -0.3 is 5.32 Å². The average Bonchev–Trinajstić information content (AvgIpc) is 3.01. The van der Waals surface area contributed by atoms with Crippen LogP contribution in [0.2, 0.25) is 0 Å². The summed E-state index contributed by atoms with van der Waals surface area (Å²) in [6, 6.07) is 9.97. The van der Waals surface area contributed by atoms with Crippen LogP contribution in [0.3, 0.4) is 0 Å². The van der Waals surface area contributed by atoms with Gasteiger partial charge in [0.1, 0.15) is 5.82 Å². The number of carbonyl (C=O) groups is 1. The Morgan fingerprint density at radius 2 is 1.96 bits per heavy atom. The van der Waals surface area contributed by atoms with Gasteiger partial charge in [-0.25, -0.2) is 17.5 Å². The van der Waals surface area contributed by atoms with Crippen molar-refractivity contribution >= 4 is 43.2 Å². The van der Waals surface area contributed by atoms with Crippen LogP contribution in [0.15, 0.2) is 48.7 Å². The number of amides is 1. The molecule has 0 unspecified atom stereocenters. The quantitative estimate of drug-likeness (QED) is 0.674. The number of carbonyl (C=O) groups excluding carboxylic acids is 1. The van der Waals surface area contributed by atoms with Gasteiger partial charge in [-0.05, 0) is 47.4 Å². The number of nitrogens with zero attached hydrogens (tertiary/aromatic N) is 1. The van der Waals surface area contributed by atoms with Gasteiger partial charge in [0.15, 0.2) is 0 Å². The summed E-state index contributed by atoms with van der Waals surface area (Å²) in [5.74, 6) is -0.799. The number of halogens is 1. The maximum Gasteiger partial charge on any atom is 0.226 e. The maximum absolute atomic E-state index is 13.1. The van der Waals surface area contributed by atoms with E-state index in [1.165, 1.54) is 35.8 Å². The van der Waals surface area contributed by atoms with Gasteiger partial charge in [0.2, 0.25) is 15.9 Å². The first kappa shape index (κ1) is 18.4. The number of hydrogen-bond donors (Lipinski definition) is 2. The van der Waals surface area contributed by atoms with Gasteiger partial charge in [-0.1, -0.05) is 12.1 Å². The summed E-state index contributed by atoms with van der Waals surface area (Å²) in [7, 11) is -3.55. The summed E-state index contributed by atoms with van der Waals surface area (Å²) < 4.78 is 43.8. The van der Waals surface area contributed by atoms with E-state index in [0.717, 1.165) is 16.3 Å². The summed E-state index contributed by atoms with van der Waals surface area (Å²) in [6.45, 7) is 0. The van der Waals surface area contributed by atoms with Gasteiger partial charge in [-0.15, -0.1) is 0 Å². The highest BCUT2D eigenvalue weighted by atomic mass is 32.2. The maximum atomic E-state index is 13.1. The van der Waals surface area contributed by atoms with Gasteiger partial charge in [0.05, 0.1) is 17.0 Å². The second-order valence-electron chi connectivity index (χ2n) is 5.82. The Morgan fingerprint density at radius 3 is 2.65 bits per heavy atom. The lowest BCUT2D eigenvalue weighted by molar-refractivity contribution is -0.116. The fraction of sp³-hybridized carbons (Fsp3) is 0.176. The molecule has 26 heavy (non-hydrogen) atoms. The molecule has 0 aliphatic heterocycles. The minimum atomic E-state index is -3.55. The highest BCUT2D eigenvalue weighted by Gasteiger charge is 2.20. The van der Waals surface area contributed by atoms with Crippen molar-refractivity contribution in [2.24, 2.45) is 0 Å². The topological polar surface area (TPSA) is 88.2 Å². The predicted molar refractivity (Wildman–Crippen MR) is 100.0 cm³/mol. The van der Waals surface area contributed by atoms with Crippen LogP contribution < -0.4 is 10.0 Å². The van der Waals surface area contributed by atoms with Crippen molar-refractivity contribution in [3.63, 3.8) is 0 Å². The molecule has 9 heteroatoms. The Balaban J connectivity index is 1.76. The lowest BCUT2D eigenvalue weighted by Crippen LogP contribution is -2.30. The van der Waals surface area contributed by atoms with Crippen LogP contribution in [0.5, 0.6) is 0 Å². The Morgan fingerprint density at radius 1 is 1.23 bits per heavy atom. The van der Waals surface area contributed by atoms with Gasteiger partial charge in [0.25, 0.3) is 0 Å². The highest BCUT2D eigenvalue weighted by Crippen LogP contribution is 2.23. The molecule has 0 fully saturated rings. The highest BCUT2D eigenvalue weighted by molar-refractivity contribution is 7.88. The second-order valence-corrected chi connectivity index (χ2v) is 8.44. The predicted octanol–water partition coefficient (Wildman–Crippen LogP) is 3.05. The zero-order chi connectivity index (χ0) is 18.7. The van der Waals surface area contributed by atoms with Gasteiger partial charge >= 0.3 is 0 Å². The molecule has 0 spiro atoms. The van der Waals surface area contributed by atoms with E-state index in [2.05, 4.69) is 14.4 Å². The molecule has 0 saturated carbocycles. The molecule has 0 bridgehead atoms. The lowest BCUT2D eigenvalue weighted by Gasteiger charge is -2.18. The number of sulfonamides is 1. The van der Waals surface area contributed by atoms with Crippen LogP contribution in [0.25, 0.3) is 10.1 Å². The first-order chi connectivity index (χ1) is 12.3. The van der Waals surface area contributed by atoms with Crippen LogP contribution >= 0.6 is 11.5 Å². The number of aromatic nitrogens is 1. The van der Waals surface area contributed by atoms with E-state index in [4.69, 9.17) is 0 Å². The van der Waals surface area contributed by atoms with E-state index in [1.54, 1.807) is 18.3 Å². The molecule has 2 aromatic carbocycles. The molecule has 1 heterocycles. The summed E-state index contributed by atoms with van der Waals surface area (Å²) >= 11 is 1.36. The fourth-order valence-electron chi connectivity index (χ4n) is 2.53. The van der Waals surface area contributed by atoms with Crippen LogP contribution in [0.4, 0.5) is 10.1 Å². The molecule has 3 aromatic rings. The molecule has 0 aliphatic carbocycles. The van der Waals surface area contributed by atoms with E-state index in [1.807, 2.05) is 6.07 Å². The largest absolute Gasteiger partial charge is 0.326 e. The van der Waals surface area contributed by atoms with E-state index in [0.29, 0.717) is 11.3 Å². The minimum Gasteiger partial charge on any atom is -0.326 e. The second kappa shape index (κ2) is 7.48. The summed E-state index contributed by atoms with van der Waals surface area (Å²) in [5.41, 5.74) is 1.10. The van der Waals surface area contributed by atoms with Crippen molar-refractivity contribution in [3.8, 4) is 0 Å². The third-order valence-corrected chi connectivity index (χ3v) is 5.15. The normalized spacial score (nSPS) is 12.8. The number of rotatable bonds is 6. The summed E-state index contributed by atoms with van der Waals surface area (Å²) in [6.07, 6.45) is 2.60. The number of fused-ring (bicyclic) bond motifs is 1. The van der Waals surface area contributed by atoms with Crippen LogP contribution in [0, 0.1) is 5.82 Å². The van der Waals surface area contributed by atoms with Crippen molar-refractivity contribution in [2.45, 2.75) is 12.5 Å². The van der Waals surface area contributed by atoms with E-state index in [-0.39, 0.29) is 12.3 Å². The van der Waals surface area contributed by atoms with Gasteiger partial charge in [-0.2, -0.15) is 4.37 Å². The first-order valence-corrected chi connectivity index (χ1v) is 10.3. The zero-order valence-corrected chi connectivity index (χ0v) is 15.4. The molecule has 1 aromatic heterocycles. The van der Waals surface area contributed by atoms with E-state index < -0.39 is 21.9 Å². The van der Waals surface area contributed by atoms with Gasteiger partial charge in [-0.3, -0.25) is 4.79 Å². The first-order valence-electron chi connectivity index (χ1n) is 7.67. The van der Waals surface area contributed by atoms with E-state index in [9.17, 15) is 17.6 Å². The molecule has 3 rings (SSSR count). The van der Waals surface area contributed by atoms with Crippen LogP contribution in [-0.4, -0.2) is 25.0 Å². The molecule has 0 radical (unpaired) electrons. The molecule has 0 aliphatic rings. The monoisotopic (exact) mass is 393 g/mol. The summed E-state index contributed by atoms with van der Waals surface area (Å²) in [4.78, 5) is 12.4. The van der Waals surface area contributed by atoms with Crippen molar-refractivity contribution in [1.82, 2.24) is 9.10 Å². The van der Waals surface area contributed by atoms with Crippen molar-refractivity contribution in [1.29, 1.82) is 0 Å². The van der Waals surface area contributed by atoms with Crippen molar-refractivity contribution < 1.29 is 17.6 Å². The van der Waals surface area contributed by atoms with Crippen LogP contribution in [-0.2, 0) is 14.8 Å². The van der Waals surface area contributed by atoms with Crippen LogP contribution in [0.1, 0.15) is 18.0 Å². The third-order valence-electron chi connectivity index (χ3n) is 3.65. The Labute approximate surface area is 154 Å². The zero-order valence-electron chi connectivity index (χ0n) is 13.8. The third kappa shape index (κ3) is 4.84. The molecule has 1 atom stereocenters. The van der Waals surface area contributed by atoms with Crippen molar-refractivity contribution in [2.75, 3.05) is 11.6 Å². The Kier molecular flexibility index (Phi) is 5.30. The number of nitrogens with one attached hydrogen (secondary N) is 2. The van der Waals surface area contributed by atoms with E-state index >= 15 is 0 Å². The average molecular weight is 393 g/mol. The van der Waals surface area contributed by atoms with Crippen molar-refractivity contribution in [3.05, 3.63) is 60.0 Å². The van der Waals surface area contributed by atoms with Gasteiger partial charge in [0, 0.05) is 23.7 Å². The number of anilines is 1. The summed E-state index contributed by atoms with van der Waals surface area (Å²) in [5, 5.41) is 3.66. The number of hydrogen-bond acceptors (Lipinski definition) is 5. The SMILES string of the molecule is CS(=O)(=O)N[C@@H](CC(=O)Nc1ccc2sncc2c1)c1ccc(F)cc1.